The first-order valence-electron chi connectivity index (χ1n) is 6.72. The molecule has 0 radical (unpaired) electrons. The molecule has 0 amide bonds. The second-order valence-corrected chi connectivity index (χ2v) is 6.53. The fraction of sp³-hybridized carbons (Fsp3) is 0.333. The zero-order valence-electron chi connectivity index (χ0n) is 12.1. The SMILES string of the molecule is Cc1cccc(C(C)(C)C)c1Cc1ccccc1Cl. The molecule has 2 aromatic carbocycles. The molecular formula is C18H21Cl. The van der Waals surface area contributed by atoms with Crippen molar-refractivity contribution in [2.75, 3.05) is 0 Å². The van der Waals surface area contributed by atoms with Crippen molar-refractivity contribution in [2.24, 2.45) is 0 Å². The Morgan fingerprint density at radius 2 is 1.63 bits per heavy atom. The van der Waals surface area contributed by atoms with Crippen molar-refractivity contribution >= 4 is 11.6 Å². The first kappa shape index (κ1) is 14.1. The van der Waals surface area contributed by atoms with E-state index in [0.717, 1.165) is 11.4 Å². The van der Waals surface area contributed by atoms with Crippen molar-refractivity contribution in [3.05, 3.63) is 69.7 Å². The van der Waals surface area contributed by atoms with Gasteiger partial charge in [0.15, 0.2) is 0 Å². The van der Waals surface area contributed by atoms with E-state index in [0.29, 0.717) is 0 Å². The van der Waals surface area contributed by atoms with E-state index in [1.165, 1.54) is 22.3 Å². The van der Waals surface area contributed by atoms with Crippen molar-refractivity contribution in [1.29, 1.82) is 0 Å². The summed E-state index contributed by atoms with van der Waals surface area (Å²) in [6.45, 7) is 8.97. The normalized spacial score (nSPS) is 11.6. The minimum absolute atomic E-state index is 0.155. The van der Waals surface area contributed by atoms with Gasteiger partial charge in [-0.05, 0) is 47.1 Å². The molecule has 0 unspecified atom stereocenters. The molecule has 0 heterocycles. The van der Waals surface area contributed by atoms with E-state index < -0.39 is 0 Å². The van der Waals surface area contributed by atoms with Crippen molar-refractivity contribution < 1.29 is 0 Å². The molecule has 0 atom stereocenters. The molecule has 0 saturated carbocycles. The van der Waals surface area contributed by atoms with Crippen LogP contribution in [0.25, 0.3) is 0 Å². The van der Waals surface area contributed by atoms with Crippen molar-refractivity contribution in [3.63, 3.8) is 0 Å². The molecule has 19 heavy (non-hydrogen) atoms. The number of aryl methyl sites for hydroxylation is 1. The van der Waals surface area contributed by atoms with Crippen LogP contribution in [0.15, 0.2) is 42.5 Å². The van der Waals surface area contributed by atoms with Gasteiger partial charge < -0.3 is 0 Å². The van der Waals surface area contributed by atoms with Gasteiger partial charge in [0.2, 0.25) is 0 Å². The topological polar surface area (TPSA) is 0 Å². The highest BCUT2D eigenvalue weighted by molar-refractivity contribution is 6.31. The molecule has 0 aromatic heterocycles. The van der Waals surface area contributed by atoms with E-state index in [4.69, 9.17) is 11.6 Å². The lowest BCUT2D eigenvalue weighted by Crippen LogP contribution is -2.15. The van der Waals surface area contributed by atoms with Crippen LogP contribution >= 0.6 is 11.6 Å². The molecule has 100 valence electrons. The molecular weight excluding hydrogens is 252 g/mol. The third-order valence-electron chi connectivity index (χ3n) is 3.54. The van der Waals surface area contributed by atoms with Gasteiger partial charge in [-0.25, -0.2) is 0 Å². The molecule has 0 bridgehead atoms. The van der Waals surface area contributed by atoms with Crippen LogP contribution in [0.2, 0.25) is 5.02 Å². The summed E-state index contributed by atoms with van der Waals surface area (Å²) in [5, 5.41) is 0.852. The number of hydrogen-bond acceptors (Lipinski definition) is 0. The minimum atomic E-state index is 0.155. The van der Waals surface area contributed by atoms with Gasteiger partial charge in [-0.3, -0.25) is 0 Å². The quantitative estimate of drug-likeness (QED) is 0.674. The second kappa shape index (κ2) is 5.38. The van der Waals surface area contributed by atoms with Crippen LogP contribution in [-0.4, -0.2) is 0 Å². The van der Waals surface area contributed by atoms with Crippen LogP contribution in [0, 0.1) is 6.92 Å². The summed E-state index contributed by atoms with van der Waals surface area (Å²) in [5.41, 5.74) is 5.51. The summed E-state index contributed by atoms with van der Waals surface area (Å²) in [4.78, 5) is 0. The van der Waals surface area contributed by atoms with Gasteiger partial charge in [-0.1, -0.05) is 68.8 Å². The largest absolute Gasteiger partial charge is 0.0840 e. The average molecular weight is 273 g/mol. The van der Waals surface area contributed by atoms with Gasteiger partial charge in [0, 0.05) is 5.02 Å². The van der Waals surface area contributed by atoms with E-state index in [1.807, 2.05) is 12.1 Å². The Morgan fingerprint density at radius 1 is 0.947 bits per heavy atom. The molecule has 2 aromatic rings. The minimum Gasteiger partial charge on any atom is -0.0840 e. The van der Waals surface area contributed by atoms with Crippen LogP contribution in [-0.2, 0) is 11.8 Å². The lowest BCUT2D eigenvalue weighted by atomic mass is 9.80. The Balaban J connectivity index is 2.48. The predicted octanol–water partition coefficient (Wildman–Crippen LogP) is 5.54. The Kier molecular flexibility index (Phi) is 4.01. The maximum absolute atomic E-state index is 6.29. The third-order valence-corrected chi connectivity index (χ3v) is 3.91. The predicted molar refractivity (Wildman–Crippen MR) is 84.1 cm³/mol. The Hall–Kier alpha value is -1.27. The first-order valence-corrected chi connectivity index (χ1v) is 7.10. The van der Waals surface area contributed by atoms with Gasteiger partial charge in [0.1, 0.15) is 0 Å². The summed E-state index contributed by atoms with van der Waals surface area (Å²) in [6.07, 6.45) is 0.902. The van der Waals surface area contributed by atoms with E-state index in [1.54, 1.807) is 0 Å². The second-order valence-electron chi connectivity index (χ2n) is 6.12. The molecule has 0 spiro atoms. The average Bonchev–Trinajstić information content (AvgIpc) is 2.33. The number of benzene rings is 2. The van der Waals surface area contributed by atoms with Crippen LogP contribution in [0.3, 0.4) is 0 Å². The standard InChI is InChI=1S/C18H21Cl/c1-13-8-7-10-16(18(2,3)4)15(13)12-14-9-5-6-11-17(14)19/h5-11H,12H2,1-4H3. The van der Waals surface area contributed by atoms with Gasteiger partial charge in [0.05, 0.1) is 0 Å². The maximum atomic E-state index is 6.29. The fourth-order valence-corrected chi connectivity index (χ4v) is 2.67. The molecule has 1 heteroatoms. The highest BCUT2D eigenvalue weighted by Gasteiger charge is 2.19. The summed E-state index contributed by atoms with van der Waals surface area (Å²) in [6, 6.07) is 14.7. The molecule has 0 aliphatic carbocycles. The summed E-state index contributed by atoms with van der Waals surface area (Å²) in [7, 11) is 0. The van der Waals surface area contributed by atoms with Crippen LogP contribution in [0.5, 0.6) is 0 Å². The Labute approximate surface area is 121 Å². The van der Waals surface area contributed by atoms with Crippen LogP contribution in [0.1, 0.15) is 43.0 Å². The summed E-state index contributed by atoms with van der Waals surface area (Å²) >= 11 is 6.29. The zero-order chi connectivity index (χ0) is 14.0. The molecule has 0 nitrogen and oxygen atoms in total. The van der Waals surface area contributed by atoms with Gasteiger partial charge in [0.25, 0.3) is 0 Å². The van der Waals surface area contributed by atoms with E-state index in [-0.39, 0.29) is 5.41 Å². The molecule has 0 N–H and O–H groups in total. The molecule has 2 rings (SSSR count). The lowest BCUT2D eigenvalue weighted by Gasteiger charge is -2.24. The number of halogens is 1. The van der Waals surface area contributed by atoms with Crippen LogP contribution in [0.4, 0.5) is 0 Å². The number of rotatable bonds is 2. The molecule has 0 aliphatic rings. The summed E-state index contributed by atoms with van der Waals surface area (Å²) in [5.74, 6) is 0. The highest BCUT2D eigenvalue weighted by atomic mass is 35.5. The summed E-state index contributed by atoms with van der Waals surface area (Å²) < 4.78 is 0. The monoisotopic (exact) mass is 272 g/mol. The maximum Gasteiger partial charge on any atom is 0.0441 e. The van der Waals surface area contributed by atoms with Gasteiger partial charge in [-0.15, -0.1) is 0 Å². The smallest absolute Gasteiger partial charge is 0.0441 e. The van der Waals surface area contributed by atoms with Crippen molar-refractivity contribution in [2.45, 2.75) is 39.5 Å². The Bertz CT molecular complexity index is 576. The lowest BCUT2D eigenvalue weighted by molar-refractivity contribution is 0.583. The van der Waals surface area contributed by atoms with Gasteiger partial charge in [-0.2, -0.15) is 0 Å². The Morgan fingerprint density at radius 3 is 2.26 bits per heavy atom. The molecule has 0 aliphatic heterocycles. The molecule has 0 saturated heterocycles. The molecule has 0 fully saturated rings. The fourth-order valence-electron chi connectivity index (χ4n) is 2.47. The third kappa shape index (κ3) is 3.19. The van der Waals surface area contributed by atoms with E-state index in [2.05, 4.69) is 58.0 Å². The van der Waals surface area contributed by atoms with Crippen LogP contribution < -0.4 is 0 Å². The van der Waals surface area contributed by atoms with Crippen molar-refractivity contribution in [3.8, 4) is 0 Å². The van der Waals surface area contributed by atoms with Crippen molar-refractivity contribution in [1.82, 2.24) is 0 Å². The first-order chi connectivity index (χ1) is 8.89. The zero-order valence-corrected chi connectivity index (χ0v) is 12.9. The highest BCUT2D eigenvalue weighted by Crippen LogP contribution is 2.30. The van der Waals surface area contributed by atoms with E-state index >= 15 is 0 Å². The van der Waals surface area contributed by atoms with Gasteiger partial charge >= 0.3 is 0 Å². The number of hydrogen-bond donors (Lipinski definition) is 0. The van der Waals surface area contributed by atoms with E-state index in [9.17, 15) is 0 Å².